The van der Waals surface area contributed by atoms with Gasteiger partial charge in [-0.15, -0.1) is 0 Å². The van der Waals surface area contributed by atoms with Crippen LogP contribution in [0.15, 0.2) is 18.2 Å². The quantitative estimate of drug-likeness (QED) is 0.854. The Balaban J connectivity index is 2.05. The van der Waals surface area contributed by atoms with Crippen LogP contribution in [0.3, 0.4) is 0 Å². The molecular weight excluding hydrogens is 241 g/mol. The van der Waals surface area contributed by atoms with E-state index in [-0.39, 0.29) is 11.9 Å². The van der Waals surface area contributed by atoms with E-state index >= 15 is 0 Å². The summed E-state index contributed by atoms with van der Waals surface area (Å²) in [4.78, 5) is 0. The molecule has 0 radical (unpaired) electrons. The summed E-state index contributed by atoms with van der Waals surface area (Å²) < 4.78 is 13.3. The van der Waals surface area contributed by atoms with Gasteiger partial charge in [0.15, 0.2) is 0 Å². The number of rotatable bonds is 5. The second-order valence-electron chi connectivity index (χ2n) is 5.62. The van der Waals surface area contributed by atoms with Gasteiger partial charge in [0.05, 0.1) is 6.10 Å². The van der Waals surface area contributed by atoms with E-state index in [1.165, 1.54) is 31.7 Å². The van der Waals surface area contributed by atoms with Crippen molar-refractivity contribution in [1.82, 2.24) is 5.32 Å². The average Bonchev–Trinajstić information content (AvgIpc) is 2.91. The molecule has 19 heavy (non-hydrogen) atoms. The van der Waals surface area contributed by atoms with Crippen LogP contribution >= 0.6 is 0 Å². The molecule has 2 N–H and O–H groups in total. The lowest BCUT2D eigenvalue weighted by molar-refractivity contribution is 0.119. The fourth-order valence-corrected chi connectivity index (χ4v) is 2.91. The van der Waals surface area contributed by atoms with Gasteiger partial charge in [-0.3, -0.25) is 0 Å². The lowest BCUT2D eigenvalue weighted by Crippen LogP contribution is -2.40. The molecule has 106 valence electrons. The lowest BCUT2D eigenvalue weighted by atomic mass is 9.97. The van der Waals surface area contributed by atoms with Crippen molar-refractivity contribution < 1.29 is 9.50 Å². The summed E-state index contributed by atoms with van der Waals surface area (Å²) in [5.74, 6) is -0.215. The standard InChI is InChI=1S/C16H24FNO/c1-3-15(18-13-6-4-5-7-13)16(19)12-8-9-14(17)11(2)10-12/h8-10,13,15-16,18-19H,3-7H2,1-2H3. The van der Waals surface area contributed by atoms with E-state index in [0.29, 0.717) is 11.6 Å². The minimum Gasteiger partial charge on any atom is -0.387 e. The second-order valence-corrected chi connectivity index (χ2v) is 5.62. The number of aliphatic hydroxyl groups excluding tert-OH is 1. The molecule has 0 saturated heterocycles. The monoisotopic (exact) mass is 265 g/mol. The molecule has 2 nitrogen and oxygen atoms in total. The summed E-state index contributed by atoms with van der Waals surface area (Å²) in [5, 5.41) is 14.0. The third kappa shape index (κ3) is 3.54. The zero-order valence-corrected chi connectivity index (χ0v) is 11.8. The first-order valence-electron chi connectivity index (χ1n) is 7.32. The van der Waals surface area contributed by atoms with Crippen LogP contribution in [0.1, 0.15) is 56.3 Å². The van der Waals surface area contributed by atoms with Crippen molar-refractivity contribution in [2.24, 2.45) is 0 Å². The Morgan fingerprint density at radius 2 is 2.05 bits per heavy atom. The van der Waals surface area contributed by atoms with Gasteiger partial charge in [-0.2, -0.15) is 0 Å². The Morgan fingerprint density at radius 3 is 2.63 bits per heavy atom. The summed E-state index contributed by atoms with van der Waals surface area (Å²) in [6.45, 7) is 3.81. The summed E-state index contributed by atoms with van der Waals surface area (Å²) in [7, 11) is 0. The van der Waals surface area contributed by atoms with Crippen molar-refractivity contribution in [3.63, 3.8) is 0 Å². The van der Waals surface area contributed by atoms with E-state index in [9.17, 15) is 9.50 Å². The predicted octanol–water partition coefficient (Wildman–Crippen LogP) is 3.48. The van der Waals surface area contributed by atoms with Gasteiger partial charge in [0.1, 0.15) is 5.82 Å². The first kappa shape index (κ1) is 14.5. The third-order valence-corrected chi connectivity index (χ3v) is 4.15. The number of aryl methyl sites for hydroxylation is 1. The lowest BCUT2D eigenvalue weighted by Gasteiger charge is -2.27. The van der Waals surface area contributed by atoms with Crippen LogP contribution in [0.4, 0.5) is 4.39 Å². The van der Waals surface area contributed by atoms with E-state index in [0.717, 1.165) is 12.0 Å². The molecule has 2 rings (SSSR count). The molecule has 0 spiro atoms. The van der Waals surface area contributed by atoms with Crippen LogP contribution in [0.25, 0.3) is 0 Å². The van der Waals surface area contributed by atoms with Crippen molar-refractivity contribution in [2.75, 3.05) is 0 Å². The molecule has 1 aliphatic carbocycles. The van der Waals surface area contributed by atoms with E-state index in [1.54, 1.807) is 19.1 Å². The largest absolute Gasteiger partial charge is 0.387 e. The zero-order chi connectivity index (χ0) is 13.8. The number of benzene rings is 1. The number of hydrogen-bond donors (Lipinski definition) is 2. The fourth-order valence-electron chi connectivity index (χ4n) is 2.91. The average molecular weight is 265 g/mol. The van der Waals surface area contributed by atoms with Crippen LogP contribution in [-0.4, -0.2) is 17.2 Å². The molecule has 0 aromatic heterocycles. The van der Waals surface area contributed by atoms with Gasteiger partial charge in [0, 0.05) is 12.1 Å². The Morgan fingerprint density at radius 1 is 1.37 bits per heavy atom. The van der Waals surface area contributed by atoms with Crippen LogP contribution in [0.2, 0.25) is 0 Å². The third-order valence-electron chi connectivity index (χ3n) is 4.15. The SMILES string of the molecule is CCC(NC1CCCC1)C(O)c1ccc(F)c(C)c1. The summed E-state index contributed by atoms with van der Waals surface area (Å²) in [6, 6.07) is 5.45. The summed E-state index contributed by atoms with van der Waals surface area (Å²) in [5.41, 5.74) is 1.39. The zero-order valence-electron chi connectivity index (χ0n) is 11.8. The first-order chi connectivity index (χ1) is 9.11. The minimum atomic E-state index is -0.565. The highest BCUT2D eigenvalue weighted by Crippen LogP contribution is 2.24. The van der Waals surface area contributed by atoms with Crippen LogP contribution in [-0.2, 0) is 0 Å². The molecule has 2 atom stereocenters. The highest BCUT2D eigenvalue weighted by Gasteiger charge is 2.24. The van der Waals surface area contributed by atoms with Gasteiger partial charge in [0.2, 0.25) is 0 Å². The molecule has 0 amide bonds. The van der Waals surface area contributed by atoms with Crippen LogP contribution < -0.4 is 5.32 Å². The molecular formula is C16H24FNO. The molecule has 0 bridgehead atoms. The Kier molecular flexibility index (Phi) is 4.94. The molecule has 0 heterocycles. The highest BCUT2D eigenvalue weighted by molar-refractivity contribution is 5.26. The maximum Gasteiger partial charge on any atom is 0.126 e. The Bertz CT molecular complexity index is 415. The molecule has 1 aliphatic rings. The molecule has 1 aromatic carbocycles. The van der Waals surface area contributed by atoms with E-state index in [1.807, 2.05) is 0 Å². The number of aliphatic hydroxyl groups is 1. The minimum absolute atomic E-state index is 0.0490. The van der Waals surface area contributed by atoms with Crippen molar-refractivity contribution in [3.05, 3.63) is 35.1 Å². The maximum atomic E-state index is 13.3. The van der Waals surface area contributed by atoms with Gasteiger partial charge in [-0.05, 0) is 43.4 Å². The van der Waals surface area contributed by atoms with Gasteiger partial charge in [0.25, 0.3) is 0 Å². The van der Waals surface area contributed by atoms with Gasteiger partial charge in [-0.25, -0.2) is 4.39 Å². The fraction of sp³-hybridized carbons (Fsp3) is 0.625. The topological polar surface area (TPSA) is 32.3 Å². The molecule has 2 unspecified atom stereocenters. The van der Waals surface area contributed by atoms with Crippen LogP contribution in [0.5, 0.6) is 0 Å². The summed E-state index contributed by atoms with van der Waals surface area (Å²) in [6.07, 6.45) is 5.26. The van der Waals surface area contributed by atoms with Gasteiger partial charge >= 0.3 is 0 Å². The van der Waals surface area contributed by atoms with E-state index < -0.39 is 6.10 Å². The Hall–Kier alpha value is -0.930. The maximum absolute atomic E-state index is 13.3. The van der Waals surface area contributed by atoms with Crippen molar-refractivity contribution in [2.45, 2.75) is 64.1 Å². The molecule has 1 aromatic rings. The molecule has 3 heteroatoms. The smallest absolute Gasteiger partial charge is 0.126 e. The molecule has 0 aliphatic heterocycles. The molecule has 1 saturated carbocycles. The van der Waals surface area contributed by atoms with Crippen molar-refractivity contribution in [1.29, 1.82) is 0 Å². The number of halogens is 1. The van der Waals surface area contributed by atoms with Crippen molar-refractivity contribution >= 4 is 0 Å². The van der Waals surface area contributed by atoms with Gasteiger partial charge in [-0.1, -0.05) is 31.9 Å². The van der Waals surface area contributed by atoms with Crippen molar-refractivity contribution in [3.8, 4) is 0 Å². The van der Waals surface area contributed by atoms with Gasteiger partial charge < -0.3 is 10.4 Å². The first-order valence-corrected chi connectivity index (χ1v) is 7.32. The summed E-state index contributed by atoms with van der Waals surface area (Å²) >= 11 is 0. The molecule has 1 fully saturated rings. The van der Waals surface area contributed by atoms with E-state index in [2.05, 4.69) is 12.2 Å². The predicted molar refractivity (Wildman–Crippen MR) is 75.6 cm³/mol. The van der Waals surface area contributed by atoms with E-state index in [4.69, 9.17) is 0 Å². The van der Waals surface area contributed by atoms with Crippen LogP contribution in [0, 0.1) is 12.7 Å². The second kappa shape index (κ2) is 6.49. The normalized spacial score (nSPS) is 19.6. The number of hydrogen-bond acceptors (Lipinski definition) is 2. The number of nitrogens with one attached hydrogen (secondary N) is 1. The highest BCUT2D eigenvalue weighted by atomic mass is 19.1. The Labute approximate surface area is 115 Å².